The molecule has 5 heteroatoms. The highest BCUT2D eigenvalue weighted by molar-refractivity contribution is 7.08. The van der Waals surface area contributed by atoms with E-state index < -0.39 is 0 Å². The Morgan fingerprint density at radius 2 is 2.25 bits per heavy atom. The van der Waals surface area contributed by atoms with Crippen LogP contribution in [0.4, 0.5) is 0 Å². The van der Waals surface area contributed by atoms with Crippen molar-refractivity contribution >= 4 is 17.2 Å². The molecule has 4 nitrogen and oxygen atoms in total. The molecule has 0 bridgehead atoms. The summed E-state index contributed by atoms with van der Waals surface area (Å²) in [7, 11) is 0. The molecule has 1 aliphatic carbocycles. The normalized spacial score (nSPS) is 28.6. The van der Waals surface area contributed by atoms with Crippen LogP contribution >= 0.6 is 11.3 Å². The number of aliphatic hydroxyl groups excluding tert-OH is 1. The maximum atomic E-state index is 11.9. The zero-order valence-corrected chi connectivity index (χ0v) is 12.3. The Labute approximate surface area is 123 Å². The topological polar surface area (TPSA) is 58.6 Å². The predicted octanol–water partition coefficient (Wildman–Crippen LogP) is 2.05. The van der Waals surface area contributed by atoms with Crippen LogP contribution in [0.25, 0.3) is 0 Å². The lowest BCUT2D eigenvalue weighted by Crippen LogP contribution is -2.41. The summed E-state index contributed by atoms with van der Waals surface area (Å²) in [4.78, 5) is 11.9. The largest absolute Gasteiger partial charge is 0.392 e. The van der Waals surface area contributed by atoms with Gasteiger partial charge in [-0.2, -0.15) is 11.3 Å². The van der Waals surface area contributed by atoms with Gasteiger partial charge in [0, 0.05) is 42.0 Å². The van der Waals surface area contributed by atoms with Crippen molar-refractivity contribution in [3.05, 3.63) is 22.4 Å². The Hall–Kier alpha value is -0.910. The minimum atomic E-state index is -0.311. The van der Waals surface area contributed by atoms with Crippen LogP contribution < -0.4 is 5.32 Å². The van der Waals surface area contributed by atoms with Crippen LogP contribution in [0.1, 0.15) is 36.0 Å². The quantitative estimate of drug-likeness (QED) is 0.897. The van der Waals surface area contributed by atoms with E-state index in [-0.39, 0.29) is 23.3 Å². The lowest BCUT2D eigenvalue weighted by Gasteiger charge is -2.37. The van der Waals surface area contributed by atoms with Gasteiger partial charge >= 0.3 is 0 Å². The second-order valence-electron chi connectivity index (χ2n) is 5.94. The zero-order chi connectivity index (χ0) is 14.0. The van der Waals surface area contributed by atoms with Crippen molar-refractivity contribution in [1.29, 1.82) is 0 Å². The number of rotatable bonds is 3. The van der Waals surface area contributed by atoms with Crippen molar-refractivity contribution in [1.82, 2.24) is 5.32 Å². The summed E-state index contributed by atoms with van der Waals surface area (Å²) in [6, 6.07) is 1.82. The van der Waals surface area contributed by atoms with Gasteiger partial charge in [-0.05, 0) is 37.1 Å². The van der Waals surface area contributed by atoms with E-state index in [0.717, 1.165) is 38.9 Å². The first-order chi connectivity index (χ1) is 9.71. The van der Waals surface area contributed by atoms with Gasteiger partial charge in [0.2, 0.25) is 0 Å². The molecular weight excluding hydrogens is 274 g/mol. The Balaban J connectivity index is 1.55. The van der Waals surface area contributed by atoms with E-state index in [4.69, 9.17) is 4.74 Å². The number of aliphatic hydroxyl groups is 1. The molecule has 2 aliphatic rings. The molecule has 1 aromatic heterocycles. The minimum Gasteiger partial charge on any atom is -0.392 e. The molecule has 1 saturated heterocycles. The van der Waals surface area contributed by atoms with E-state index in [2.05, 4.69) is 5.32 Å². The molecule has 2 fully saturated rings. The van der Waals surface area contributed by atoms with Gasteiger partial charge in [0.1, 0.15) is 0 Å². The monoisotopic (exact) mass is 295 g/mol. The Bertz CT molecular complexity index is 454. The third kappa shape index (κ3) is 2.62. The highest BCUT2D eigenvalue weighted by Crippen LogP contribution is 2.48. The number of hydrogen-bond donors (Lipinski definition) is 2. The van der Waals surface area contributed by atoms with Crippen molar-refractivity contribution in [2.75, 3.05) is 19.8 Å². The summed E-state index contributed by atoms with van der Waals surface area (Å²) < 4.78 is 5.41. The molecule has 0 radical (unpaired) electrons. The number of amides is 1. The third-order valence-corrected chi connectivity index (χ3v) is 5.57. The van der Waals surface area contributed by atoms with Gasteiger partial charge in [-0.3, -0.25) is 4.79 Å². The van der Waals surface area contributed by atoms with E-state index in [1.165, 1.54) is 11.3 Å². The molecular formula is C15H21NO3S. The summed E-state index contributed by atoms with van der Waals surface area (Å²) in [5, 5.41) is 17.3. The molecule has 1 amide bonds. The molecule has 1 aromatic rings. The average molecular weight is 295 g/mol. The zero-order valence-electron chi connectivity index (χ0n) is 11.5. The summed E-state index contributed by atoms with van der Waals surface area (Å²) in [6.07, 6.45) is 3.63. The van der Waals surface area contributed by atoms with Gasteiger partial charge < -0.3 is 15.2 Å². The number of hydrogen-bond acceptors (Lipinski definition) is 4. The first-order valence-electron chi connectivity index (χ1n) is 7.27. The summed E-state index contributed by atoms with van der Waals surface area (Å²) in [5.41, 5.74) is 0.749. The van der Waals surface area contributed by atoms with E-state index in [9.17, 15) is 9.90 Å². The lowest BCUT2D eigenvalue weighted by atomic mass is 9.76. The van der Waals surface area contributed by atoms with E-state index in [1.807, 2.05) is 16.8 Å². The lowest BCUT2D eigenvalue weighted by molar-refractivity contribution is -0.0555. The molecule has 20 heavy (non-hydrogen) atoms. The van der Waals surface area contributed by atoms with E-state index in [1.54, 1.807) is 0 Å². The summed E-state index contributed by atoms with van der Waals surface area (Å²) in [6.45, 7) is 2.08. The molecule has 0 aromatic carbocycles. The molecule has 1 spiro atoms. The Morgan fingerprint density at radius 3 is 2.95 bits per heavy atom. The number of thiophene rings is 1. The number of carbonyl (C=O) groups excluding carboxylic acids is 1. The smallest absolute Gasteiger partial charge is 0.252 e. The second-order valence-corrected chi connectivity index (χ2v) is 6.72. The summed E-state index contributed by atoms with van der Waals surface area (Å²) >= 11 is 1.52. The Morgan fingerprint density at radius 1 is 1.45 bits per heavy atom. The van der Waals surface area contributed by atoms with E-state index in [0.29, 0.717) is 12.1 Å². The van der Waals surface area contributed by atoms with Crippen molar-refractivity contribution < 1.29 is 14.6 Å². The molecule has 2 heterocycles. The number of carbonyl (C=O) groups is 1. The molecule has 110 valence electrons. The molecule has 1 saturated carbocycles. The fourth-order valence-corrected chi connectivity index (χ4v) is 4.17. The van der Waals surface area contributed by atoms with Crippen LogP contribution in [-0.2, 0) is 4.74 Å². The molecule has 0 unspecified atom stereocenters. The fraction of sp³-hybridized carbons (Fsp3) is 0.667. The van der Waals surface area contributed by atoms with Gasteiger partial charge in [-0.15, -0.1) is 0 Å². The standard InChI is InChI=1S/C15H21NO3S/c17-13-11(1-3-15(13)4-6-19-7-5-15)9-16-14(18)12-2-8-20-10-12/h2,8,10-11,13,17H,1,3-7,9H2,(H,16,18)/t11-,13+/m0/s1. The van der Waals surface area contributed by atoms with E-state index >= 15 is 0 Å². The maximum Gasteiger partial charge on any atom is 0.252 e. The second kappa shape index (κ2) is 5.84. The molecule has 3 rings (SSSR count). The minimum absolute atomic E-state index is 0.0358. The van der Waals surface area contributed by atoms with Gasteiger partial charge in [-0.1, -0.05) is 0 Å². The van der Waals surface area contributed by atoms with Crippen LogP contribution in [0, 0.1) is 11.3 Å². The highest BCUT2D eigenvalue weighted by atomic mass is 32.1. The van der Waals surface area contributed by atoms with Crippen LogP contribution in [-0.4, -0.2) is 36.9 Å². The molecule has 2 atom stereocenters. The third-order valence-electron chi connectivity index (χ3n) is 4.88. The molecule has 2 N–H and O–H groups in total. The van der Waals surface area contributed by atoms with Gasteiger partial charge in [0.15, 0.2) is 0 Å². The molecule has 1 aliphatic heterocycles. The maximum absolute atomic E-state index is 11.9. The van der Waals surface area contributed by atoms with Crippen molar-refractivity contribution in [2.24, 2.45) is 11.3 Å². The van der Waals surface area contributed by atoms with Crippen LogP contribution in [0.5, 0.6) is 0 Å². The van der Waals surface area contributed by atoms with Crippen molar-refractivity contribution in [3.8, 4) is 0 Å². The van der Waals surface area contributed by atoms with Crippen LogP contribution in [0.3, 0.4) is 0 Å². The fourth-order valence-electron chi connectivity index (χ4n) is 3.54. The van der Waals surface area contributed by atoms with Gasteiger partial charge in [0.05, 0.1) is 6.10 Å². The first-order valence-corrected chi connectivity index (χ1v) is 8.22. The Kier molecular flexibility index (Phi) is 4.10. The van der Waals surface area contributed by atoms with Gasteiger partial charge in [-0.25, -0.2) is 0 Å². The van der Waals surface area contributed by atoms with Crippen LogP contribution in [0.2, 0.25) is 0 Å². The highest BCUT2D eigenvalue weighted by Gasteiger charge is 2.48. The first kappa shape index (κ1) is 14.0. The number of nitrogens with one attached hydrogen (secondary N) is 1. The van der Waals surface area contributed by atoms with Crippen molar-refractivity contribution in [3.63, 3.8) is 0 Å². The number of ether oxygens (including phenoxy) is 1. The van der Waals surface area contributed by atoms with Crippen LogP contribution in [0.15, 0.2) is 16.8 Å². The van der Waals surface area contributed by atoms with Gasteiger partial charge in [0.25, 0.3) is 5.91 Å². The average Bonchev–Trinajstić information content (AvgIpc) is 3.09. The summed E-state index contributed by atoms with van der Waals surface area (Å²) in [5.74, 6) is 0.141. The SMILES string of the molecule is O=C(NC[C@@H]1CCC2(CCOCC2)[C@@H]1O)c1ccsc1. The predicted molar refractivity (Wildman–Crippen MR) is 77.9 cm³/mol. The van der Waals surface area contributed by atoms with Crippen molar-refractivity contribution in [2.45, 2.75) is 31.8 Å².